The molecule has 0 saturated carbocycles. The smallest absolute Gasteiger partial charge is 0.347 e. The van der Waals surface area contributed by atoms with Crippen LogP contribution in [0.25, 0.3) is 0 Å². The van der Waals surface area contributed by atoms with Crippen molar-refractivity contribution >= 4 is 22.4 Å². The Balaban J connectivity index is 2.18. The molecule has 0 spiro atoms. The second kappa shape index (κ2) is 5.72. The van der Waals surface area contributed by atoms with Crippen molar-refractivity contribution in [2.75, 3.05) is 18.0 Å². The fourth-order valence-corrected chi connectivity index (χ4v) is 3.67. The van der Waals surface area contributed by atoms with E-state index in [2.05, 4.69) is 37.6 Å². The van der Waals surface area contributed by atoms with Gasteiger partial charge in [0, 0.05) is 13.1 Å². The summed E-state index contributed by atoms with van der Waals surface area (Å²) in [5, 5.41) is 10.2. The lowest BCUT2D eigenvalue weighted by Gasteiger charge is -2.26. The molecule has 112 valence electrons. The fraction of sp³-hybridized carbons (Fsp3) is 0.733. The summed E-state index contributed by atoms with van der Waals surface area (Å²) in [6, 6.07) is 0. The molecular formula is C15H24N2O2S. The zero-order chi connectivity index (χ0) is 14.9. The van der Waals surface area contributed by atoms with Gasteiger partial charge in [-0.05, 0) is 24.2 Å². The third-order valence-electron chi connectivity index (χ3n) is 4.05. The van der Waals surface area contributed by atoms with Crippen molar-refractivity contribution in [3.05, 3.63) is 10.6 Å². The molecular weight excluding hydrogens is 272 g/mol. The number of hydrogen-bond acceptors (Lipinski definition) is 4. The molecule has 0 bridgehead atoms. The van der Waals surface area contributed by atoms with Crippen LogP contribution in [0, 0.1) is 11.3 Å². The number of thiazole rings is 1. The molecule has 5 heteroatoms. The molecule has 1 aromatic heterocycles. The second-order valence-electron chi connectivity index (χ2n) is 6.63. The first-order valence-corrected chi connectivity index (χ1v) is 8.12. The number of hydrogen-bond donors (Lipinski definition) is 1. The van der Waals surface area contributed by atoms with Crippen LogP contribution in [0.15, 0.2) is 0 Å². The average Bonchev–Trinajstić information content (AvgIpc) is 2.93. The molecule has 1 unspecified atom stereocenters. The van der Waals surface area contributed by atoms with Gasteiger partial charge in [-0.15, -0.1) is 0 Å². The first kappa shape index (κ1) is 15.3. The van der Waals surface area contributed by atoms with Crippen LogP contribution in [-0.2, 0) is 6.42 Å². The van der Waals surface area contributed by atoms with Crippen molar-refractivity contribution in [2.45, 2.75) is 47.0 Å². The minimum Gasteiger partial charge on any atom is -0.477 e. The van der Waals surface area contributed by atoms with Crippen molar-refractivity contribution in [1.29, 1.82) is 0 Å². The summed E-state index contributed by atoms with van der Waals surface area (Å²) in [4.78, 5) is 18.6. The van der Waals surface area contributed by atoms with Crippen molar-refractivity contribution in [3.8, 4) is 0 Å². The Morgan fingerprint density at radius 1 is 1.50 bits per heavy atom. The monoisotopic (exact) mass is 296 g/mol. The Bertz CT molecular complexity index is 491. The molecule has 20 heavy (non-hydrogen) atoms. The van der Waals surface area contributed by atoms with Gasteiger partial charge in [-0.25, -0.2) is 9.78 Å². The average molecular weight is 296 g/mol. The summed E-state index contributed by atoms with van der Waals surface area (Å²) in [6.07, 6.45) is 2.83. The normalized spacial score (nSPS) is 19.6. The van der Waals surface area contributed by atoms with Gasteiger partial charge in [0.2, 0.25) is 0 Å². The molecule has 1 saturated heterocycles. The first-order chi connectivity index (χ1) is 9.32. The van der Waals surface area contributed by atoms with Gasteiger partial charge in [-0.2, -0.15) is 0 Å². The lowest BCUT2D eigenvalue weighted by Crippen LogP contribution is -2.25. The standard InChI is InChI=1S/C15H24N2O2S/c1-5-6-11-12(13(18)19)20-14(16-11)17-8-7-10(9-17)15(2,3)4/h10H,5-9H2,1-4H3,(H,18,19). The zero-order valence-electron chi connectivity index (χ0n) is 12.8. The van der Waals surface area contributed by atoms with E-state index in [0.29, 0.717) is 16.2 Å². The summed E-state index contributed by atoms with van der Waals surface area (Å²) in [5.74, 6) is -0.196. The van der Waals surface area contributed by atoms with Crippen molar-refractivity contribution in [2.24, 2.45) is 11.3 Å². The van der Waals surface area contributed by atoms with E-state index in [1.165, 1.54) is 11.3 Å². The molecule has 2 heterocycles. The topological polar surface area (TPSA) is 53.4 Å². The van der Waals surface area contributed by atoms with Gasteiger partial charge in [-0.3, -0.25) is 0 Å². The SMILES string of the molecule is CCCc1nc(N2CCC(C(C)(C)C)C2)sc1C(=O)O. The maximum atomic E-state index is 11.3. The van der Waals surface area contributed by atoms with Crippen LogP contribution in [0.3, 0.4) is 0 Å². The van der Waals surface area contributed by atoms with Crippen LogP contribution in [-0.4, -0.2) is 29.1 Å². The highest BCUT2D eigenvalue weighted by Gasteiger charge is 2.33. The number of carboxylic acids is 1. The Labute approximate surface area is 124 Å². The summed E-state index contributed by atoms with van der Waals surface area (Å²) >= 11 is 1.33. The Morgan fingerprint density at radius 3 is 2.70 bits per heavy atom. The van der Waals surface area contributed by atoms with Gasteiger partial charge in [0.1, 0.15) is 4.88 Å². The molecule has 0 radical (unpaired) electrons. The van der Waals surface area contributed by atoms with Gasteiger partial charge in [-0.1, -0.05) is 45.5 Å². The molecule has 4 nitrogen and oxygen atoms in total. The van der Waals surface area contributed by atoms with Crippen LogP contribution in [0.4, 0.5) is 5.13 Å². The molecule has 1 N–H and O–H groups in total. The largest absolute Gasteiger partial charge is 0.477 e. The lowest BCUT2D eigenvalue weighted by atomic mass is 9.80. The molecule has 1 aliphatic rings. The van der Waals surface area contributed by atoms with Crippen molar-refractivity contribution in [1.82, 2.24) is 4.98 Å². The number of aryl methyl sites for hydroxylation is 1. The maximum absolute atomic E-state index is 11.3. The van der Waals surface area contributed by atoms with E-state index in [0.717, 1.165) is 43.2 Å². The van der Waals surface area contributed by atoms with Crippen LogP contribution in [0.5, 0.6) is 0 Å². The Morgan fingerprint density at radius 2 is 2.20 bits per heavy atom. The maximum Gasteiger partial charge on any atom is 0.347 e. The van der Waals surface area contributed by atoms with Crippen LogP contribution in [0.2, 0.25) is 0 Å². The predicted molar refractivity (Wildman–Crippen MR) is 82.8 cm³/mol. The minimum absolute atomic E-state index is 0.299. The van der Waals surface area contributed by atoms with Gasteiger partial charge >= 0.3 is 5.97 Å². The molecule has 0 amide bonds. The molecule has 1 aromatic rings. The number of carbonyl (C=O) groups is 1. The highest BCUT2D eigenvalue weighted by molar-refractivity contribution is 7.17. The summed E-state index contributed by atoms with van der Waals surface area (Å²) in [5.41, 5.74) is 1.05. The predicted octanol–water partition coefficient (Wildman–Crippen LogP) is 3.67. The molecule has 1 aliphatic heterocycles. The summed E-state index contributed by atoms with van der Waals surface area (Å²) in [6.45, 7) is 10.8. The summed E-state index contributed by atoms with van der Waals surface area (Å²) < 4.78 is 0. The molecule has 1 fully saturated rings. The lowest BCUT2D eigenvalue weighted by molar-refractivity contribution is 0.0700. The van der Waals surface area contributed by atoms with Crippen LogP contribution in [0.1, 0.15) is 55.9 Å². The number of carboxylic acid groups (broad SMARTS) is 1. The third kappa shape index (κ3) is 3.14. The van der Waals surface area contributed by atoms with E-state index in [4.69, 9.17) is 0 Å². The van der Waals surface area contributed by atoms with Gasteiger partial charge in [0.25, 0.3) is 0 Å². The van der Waals surface area contributed by atoms with E-state index in [9.17, 15) is 9.90 Å². The van der Waals surface area contributed by atoms with E-state index >= 15 is 0 Å². The molecule has 2 rings (SSSR count). The van der Waals surface area contributed by atoms with Gasteiger partial charge in [0.15, 0.2) is 5.13 Å². The van der Waals surface area contributed by atoms with Crippen molar-refractivity contribution < 1.29 is 9.90 Å². The number of aromatic nitrogens is 1. The fourth-order valence-electron chi connectivity index (χ4n) is 2.69. The number of aromatic carboxylic acids is 1. The molecule has 1 atom stereocenters. The van der Waals surface area contributed by atoms with E-state index in [1.807, 2.05) is 0 Å². The van der Waals surface area contributed by atoms with Gasteiger partial charge < -0.3 is 10.0 Å². The molecule has 0 aromatic carbocycles. The number of anilines is 1. The van der Waals surface area contributed by atoms with Gasteiger partial charge in [0.05, 0.1) is 5.69 Å². The Kier molecular flexibility index (Phi) is 4.37. The zero-order valence-corrected chi connectivity index (χ0v) is 13.6. The van der Waals surface area contributed by atoms with Crippen LogP contribution >= 0.6 is 11.3 Å². The molecule has 0 aliphatic carbocycles. The Hall–Kier alpha value is -1.10. The number of nitrogens with zero attached hydrogens (tertiary/aromatic N) is 2. The van der Waals surface area contributed by atoms with Crippen molar-refractivity contribution in [3.63, 3.8) is 0 Å². The first-order valence-electron chi connectivity index (χ1n) is 7.31. The van der Waals surface area contributed by atoms with E-state index < -0.39 is 5.97 Å². The van der Waals surface area contributed by atoms with E-state index in [1.54, 1.807) is 0 Å². The second-order valence-corrected chi connectivity index (χ2v) is 7.60. The third-order valence-corrected chi connectivity index (χ3v) is 5.20. The minimum atomic E-state index is -0.844. The van der Waals surface area contributed by atoms with E-state index in [-0.39, 0.29) is 0 Å². The highest BCUT2D eigenvalue weighted by Crippen LogP contribution is 2.37. The highest BCUT2D eigenvalue weighted by atomic mass is 32.1. The summed E-state index contributed by atoms with van der Waals surface area (Å²) in [7, 11) is 0. The van der Waals surface area contributed by atoms with Crippen LogP contribution < -0.4 is 4.90 Å². The quantitative estimate of drug-likeness (QED) is 0.921. The number of rotatable bonds is 4.